The molecule has 0 bridgehead atoms. The number of likely N-dealkylation sites (N-methyl/N-ethyl adjacent to an activating group) is 1. The average molecular weight is 437 g/mol. The molecule has 3 aromatic rings. The molecule has 0 aliphatic rings. The molecule has 0 aliphatic heterocycles. The predicted octanol–water partition coefficient (Wildman–Crippen LogP) is 1.91. The van der Waals surface area contributed by atoms with E-state index in [0.29, 0.717) is 17.1 Å². The topological polar surface area (TPSA) is 135 Å². The molecule has 11 nitrogen and oxygen atoms in total. The Kier molecular flexibility index (Phi) is 6.90. The highest BCUT2D eigenvalue weighted by molar-refractivity contribution is 5.93. The number of nitrogens with zero attached hydrogens (tertiary/aromatic N) is 5. The number of nitro groups is 1. The van der Waals surface area contributed by atoms with Gasteiger partial charge < -0.3 is 15.5 Å². The molecule has 0 unspecified atom stereocenters. The summed E-state index contributed by atoms with van der Waals surface area (Å²) in [6, 6.07) is 13.1. The van der Waals surface area contributed by atoms with Crippen LogP contribution in [0.15, 0.2) is 48.5 Å². The molecule has 1 heterocycles. The maximum atomic E-state index is 12.6. The number of carbonyl (C=O) groups excluding carboxylic acids is 2. The van der Waals surface area contributed by atoms with Gasteiger partial charge in [0.1, 0.15) is 0 Å². The summed E-state index contributed by atoms with van der Waals surface area (Å²) in [4.78, 5) is 36.8. The van der Waals surface area contributed by atoms with E-state index >= 15 is 0 Å². The van der Waals surface area contributed by atoms with E-state index in [1.54, 1.807) is 42.2 Å². The third kappa shape index (κ3) is 5.52. The summed E-state index contributed by atoms with van der Waals surface area (Å²) in [5, 5.41) is 24.5. The van der Waals surface area contributed by atoms with E-state index in [4.69, 9.17) is 0 Å². The van der Waals surface area contributed by atoms with Gasteiger partial charge in [0.05, 0.1) is 22.8 Å². The van der Waals surface area contributed by atoms with E-state index in [-0.39, 0.29) is 30.4 Å². The molecule has 166 valence electrons. The van der Waals surface area contributed by atoms with Gasteiger partial charge in [-0.15, -0.1) is 5.10 Å². The minimum absolute atomic E-state index is 0.0824. The Bertz CT molecular complexity index is 1160. The van der Waals surface area contributed by atoms with Crippen molar-refractivity contribution in [2.24, 2.45) is 0 Å². The van der Waals surface area contributed by atoms with Crippen molar-refractivity contribution in [2.45, 2.75) is 13.5 Å². The molecule has 3 rings (SSSR count). The molecule has 0 saturated carbocycles. The van der Waals surface area contributed by atoms with Crippen LogP contribution >= 0.6 is 0 Å². The maximum absolute atomic E-state index is 12.6. The molecule has 0 saturated heterocycles. The molecule has 1 aromatic heterocycles. The van der Waals surface area contributed by atoms with Crippen molar-refractivity contribution in [3.63, 3.8) is 0 Å². The third-order valence-electron chi connectivity index (χ3n) is 4.52. The summed E-state index contributed by atoms with van der Waals surface area (Å²) in [7, 11) is 3.62. The van der Waals surface area contributed by atoms with Crippen molar-refractivity contribution in [2.75, 3.05) is 26.0 Å². The Labute approximate surface area is 184 Å². The standard InChI is InChI=1S/C21H23N7O4/c1-14-20(24-25-27(14)17-8-5-9-18(11-17)28(31)32)21(30)22-12-15-6-4-7-16(10-15)23-19(29)13-26(2)3/h4-11H,12-13H2,1-3H3,(H,22,30)(H,23,29). The summed E-state index contributed by atoms with van der Waals surface area (Å²) in [6.45, 7) is 2.15. The van der Waals surface area contributed by atoms with E-state index in [2.05, 4.69) is 20.9 Å². The first-order valence-corrected chi connectivity index (χ1v) is 9.73. The Morgan fingerprint density at radius 1 is 1.16 bits per heavy atom. The Morgan fingerprint density at radius 2 is 1.91 bits per heavy atom. The van der Waals surface area contributed by atoms with Gasteiger partial charge in [-0.1, -0.05) is 23.4 Å². The fourth-order valence-electron chi connectivity index (χ4n) is 3.04. The Balaban J connectivity index is 1.68. The van der Waals surface area contributed by atoms with E-state index in [9.17, 15) is 19.7 Å². The highest BCUT2D eigenvalue weighted by atomic mass is 16.6. The van der Waals surface area contributed by atoms with Crippen molar-refractivity contribution >= 4 is 23.2 Å². The van der Waals surface area contributed by atoms with Gasteiger partial charge >= 0.3 is 0 Å². The fraction of sp³-hybridized carbons (Fsp3) is 0.238. The summed E-state index contributed by atoms with van der Waals surface area (Å²) in [6.07, 6.45) is 0. The van der Waals surface area contributed by atoms with Crippen molar-refractivity contribution in [1.29, 1.82) is 0 Å². The number of non-ortho nitro benzene ring substituents is 1. The molecule has 11 heteroatoms. The van der Waals surface area contributed by atoms with Crippen molar-refractivity contribution in [3.8, 4) is 5.69 Å². The Morgan fingerprint density at radius 3 is 2.62 bits per heavy atom. The minimum Gasteiger partial charge on any atom is -0.347 e. The van der Waals surface area contributed by atoms with E-state index < -0.39 is 10.8 Å². The second-order valence-corrected chi connectivity index (χ2v) is 7.38. The molecule has 0 radical (unpaired) electrons. The number of benzene rings is 2. The number of aromatic nitrogens is 3. The predicted molar refractivity (Wildman–Crippen MR) is 118 cm³/mol. The number of nitrogens with one attached hydrogen (secondary N) is 2. The smallest absolute Gasteiger partial charge is 0.274 e. The number of carbonyl (C=O) groups is 2. The number of amides is 2. The van der Waals surface area contributed by atoms with Gasteiger partial charge in [-0.05, 0) is 44.8 Å². The molecule has 2 aromatic carbocycles. The highest BCUT2D eigenvalue weighted by Gasteiger charge is 2.18. The second kappa shape index (κ2) is 9.79. The summed E-state index contributed by atoms with van der Waals surface area (Å²) < 4.78 is 1.38. The van der Waals surface area contributed by atoms with Gasteiger partial charge in [-0.25, -0.2) is 4.68 Å². The van der Waals surface area contributed by atoms with Crippen LogP contribution in [0.1, 0.15) is 21.7 Å². The zero-order valence-corrected chi connectivity index (χ0v) is 17.9. The number of rotatable bonds is 8. The molecule has 2 amide bonds. The first kappa shape index (κ1) is 22.6. The van der Waals surface area contributed by atoms with Crippen LogP contribution in [0.5, 0.6) is 0 Å². The largest absolute Gasteiger partial charge is 0.347 e. The minimum atomic E-state index is -0.500. The molecule has 0 spiro atoms. The molecule has 2 N–H and O–H groups in total. The number of hydrogen-bond acceptors (Lipinski definition) is 7. The van der Waals surface area contributed by atoms with Crippen molar-refractivity contribution in [1.82, 2.24) is 25.2 Å². The molecule has 0 fully saturated rings. The van der Waals surface area contributed by atoms with E-state index in [1.165, 1.54) is 16.8 Å². The lowest BCUT2D eigenvalue weighted by molar-refractivity contribution is -0.384. The maximum Gasteiger partial charge on any atom is 0.274 e. The van der Waals surface area contributed by atoms with Crippen LogP contribution in [-0.2, 0) is 11.3 Å². The van der Waals surface area contributed by atoms with Crippen LogP contribution in [0.2, 0.25) is 0 Å². The van der Waals surface area contributed by atoms with E-state index in [1.807, 2.05) is 20.2 Å². The van der Waals surface area contributed by atoms with Crippen LogP contribution in [0.25, 0.3) is 5.69 Å². The van der Waals surface area contributed by atoms with Crippen LogP contribution in [0.4, 0.5) is 11.4 Å². The molecule has 32 heavy (non-hydrogen) atoms. The van der Waals surface area contributed by atoms with Gasteiger partial charge in [0.2, 0.25) is 5.91 Å². The van der Waals surface area contributed by atoms with Gasteiger partial charge in [0.25, 0.3) is 11.6 Å². The average Bonchev–Trinajstić information content (AvgIpc) is 3.13. The lowest BCUT2D eigenvalue weighted by atomic mass is 10.2. The zero-order chi connectivity index (χ0) is 23.3. The fourth-order valence-corrected chi connectivity index (χ4v) is 3.04. The summed E-state index contributed by atoms with van der Waals surface area (Å²) in [5.74, 6) is -0.564. The SMILES string of the molecule is Cc1c(C(=O)NCc2cccc(NC(=O)CN(C)C)c2)nnn1-c1cccc([N+](=O)[O-])c1. The second-order valence-electron chi connectivity index (χ2n) is 7.38. The van der Waals surface area contributed by atoms with Crippen LogP contribution in [0, 0.1) is 17.0 Å². The van der Waals surface area contributed by atoms with Gasteiger partial charge in [-0.2, -0.15) is 0 Å². The summed E-state index contributed by atoms with van der Waals surface area (Å²) in [5.41, 5.74) is 2.35. The molecular weight excluding hydrogens is 414 g/mol. The van der Waals surface area contributed by atoms with Crippen LogP contribution in [-0.4, -0.2) is 57.3 Å². The van der Waals surface area contributed by atoms with Crippen molar-refractivity contribution < 1.29 is 14.5 Å². The van der Waals surface area contributed by atoms with Gasteiger partial charge in [0.15, 0.2) is 5.69 Å². The first-order valence-electron chi connectivity index (χ1n) is 9.73. The molecule has 0 aliphatic carbocycles. The van der Waals surface area contributed by atoms with Crippen LogP contribution < -0.4 is 10.6 Å². The molecule has 0 atom stereocenters. The Hall–Kier alpha value is -4.12. The van der Waals surface area contributed by atoms with Gasteiger partial charge in [0, 0.05) is 24.4 Å². The molecular formula is C21H23N7O4. The number of anilines is 1. The summed E-state index contributed by atoms with van der Waals surface area (Å²) >= 11 is 0. The zero-order valence-electron chi connectivity index (χ0n) is 17.9. The lowest BCUT2D eigenvalue weighted by Crippen LogP contribution is -2.27. The lowest BCUT2D eigenvalue weighted by Gasteiger charge is -2.11. The van der Waals surface area contributed by atoms with Crippen molar-refractivity contribution in [3.05, 3.63) is 75.6 Å². The highest BCUT2D eigenvalue weighted by Crippen LogP contribution is 2.18. The number of nitro benzene ring substituents is 1. The monoisotopic (exact) mass is 437 g/mol. The quantitative estimate of drug-likeness (QED) is 0.406. The third-order valence-corrected chi connectivity index (χ3v) is 4.52. The van der Waals surface area contributed by atoms with Crippen LogP contribution in [0.3, 0.4) is 0 Å². The normalized spacial score (nSPS) is 10.8. The van der Waals surface area contributed by atoms with Gasteiger partial charge in [-0.3, -0.25) is 19.7 Å². The van der Waals surface area contributed by atoms with E-state index in [0.717, 1.165) is 5.56 Å². The number of hydrogen-bond donors (Lipinski definition) is 2. The first-order chi connectivity index (χ1) is 15.2.